The Balaban J connectivity index is 1.36. The molecule has 6 heteroatoms. The second kappa shape index (κ2) is 7.68. The molecule has 0 bridgehead atoms. The highest BCUT2D eigenvalue weighted by molar-refractivity contribution is 5.95. The lowest BCUT2D eigenvalue weighted by atomic mass is 10.2. The molecule has 0 atom stereocenters. The van der Waals surface area contributed by atoms with Gasteiger partial charge in [0, 0.05) is 31.8 Å². The first-order chi connectivity index (χ1) is 13.6. The van der Waals surface area contributed by atoms with Crippen LogP contribution >= 0.6 is 0 Å². The Morgan fingerprint density at radius 1 is 1.18 bits per heavy atom. The number of para-hydroxylation sites is 2. The maximum absolute atomic E-state index is 12.1. The van der Waals surface area contributed by atoms with Crippen LogP contribution in [0.3, 0.4) is 0 Å². The fraction of sp³-hybridized carbons (Fsp3) is 0.227. The van der Waals surface area contributed by atoms with Crippen molar-refractivity contribution in [2.75, 3.05) is 11.4 Å². The van der Waals surface area contributed by atoms with E-state index in [1.807, 2.05) is 60.1 Å². The third-order valence-electron chi connectivity index (χ3n) is 5.01. The summed E-state index contributed by atoms with van der Waals surface area (Å²) in [4.78, 5) is 30.3. The quantitative estimate of drug-likeness (QED) is 0.698. The molecule has 3 aromatic rings. The number of hydrogen-bond donors (Lipinski definition) is 1. The largest absolute Gasteiger partial charge is 0.345 e. The predicted molar refractivity (Wildman–Crippen MR) is 110 cm³/mol. The molecular formula is C22H22N4O2. The molecule has 6 nitrogen and oxygen atoms in total. The molecule has 0 spiro atoms. The zero-order valence-electron chi connectivity index (χ0n) is 15.8. The van der Waals surface area contributed by atoms with Crippen molar-refractivity contribution >= 4 is 34.6 Å². The van der Waals surface area contributed by atoms with Gasteiger partial charge < -0.3 is 14.8 Å². The fourth-order valence-electron chi connectivity index (χ4n) is 3.44. The van der Waals surface area contributed by atoms with E-state index in [2.05, 4.69) is 10.3 Å². The minimum Gasteiger partial charge on any atom is -0.345 e. The number of rotatable bonds is 5. The van der Waals surface area contributed by atoms with Gasteiger partial charge in [-0.25, -0.2) is 4.98 Å². The summed E-state index contributed by atoms with van der Waals surface area (Å²) in [6.07, 6.45) is 4.80. The molecule has 1 fully saturated rings. The topological polar surface area (TPSA) is 67.2 Å². The molecule has 142 valence electrons. The van der Waals surface area contributed by atoms with E-state index in [-0.39, 0.29) is 11.8 Å². The third kappa shape index (κ3) is 3.67. The van der Waals surface area contributed by atoms with Gasteiger partial charge in [0.25, 0.3) is 0 Å². The zero-order valence-corrected chi connectivity index (χ0v) is 15.8. The number of carbonyl (C=O) groups excluding carboxylic acids is 2. The van der Waals surface area contributed by atoms with Crippen molar-refractivity contribution in [3.05, 3.63) is 66.0 Å². The van der Waals surface area contributed by atoms with E-state index in [0.717, 1.165) is 41.1 Å². The zero-order chi connectivity index (χ0) is 19.5. The second-order valence-corrected chi connectivity index (χ2v) is 6.87. The molecule has 28 heavy (non-hydrogen) atoms. The molecule has 1 N–H and O–H groups in total. The van der Waals surface area contributed by atoms with Crippen molar-refractivity contribution in [3.8, 4) is 0 Å². The Morgan fingerprint density at radius 3 is 2.68 bits per heavy atom. The van der Waals surface area contributed by atoms with E-state index < -0.39 is 0 Å². The molecular weight excluding hydrogens is 352 g/mol. The minimum atomic E-state index is -0.175. The number of carbonyl (C=O) groups is 2. The summed E-state index contributed by atoms with van der Waals surface area (Å²) in [5.74, 6) is 0.804. The molecule has 0 unspecified atom stereocenters. The van der Waals surface area contributed by atoms with Crippen LogP contribution in [0.1, 0.15) is 24.2 Å². The van der Waals surface area contributed by atoms with Gasteiger partial charge in [-0.1, -0.05) is 24.3 Å². The number of amides is 2. The van der Waals surface area contributed by atoms with Crippen LogP contribution in [-0.2, 0) is 23.2 Å². The lowest BCUT2D eigenvalue weighted by Gasteiger charge is -2.15. The summed E-state index contributed by atoms with van der Waals surface area (Å²) >= 11 is 0. The smallest absolute Gasteiger partial charge is 0.244 e. The Kier molecular flexibility index (Phi) is 4.93. The van der Waals surface area contributed by atoms with Crippen LogP contribution in [-0.4, -0.2) is 27.9 Å². The fourth-order valence-corrected chi connectivity index (χ4v) is 3.44. The maximum atomic E-state index is 12.1. The van der Waals surface area contributed by atoms with Crippen LogP contribution in [0.2, 0.25) is 0 Å². The summed E-state index contributed by atoms with van der Waals surface area (Å²) in [5, 5.41) is 2.87. The average molecular weight is 374 g/mol. The van der Waals surface area contributed by atoms with Crippen LogP contribution in [0, 0.1) is 0 Å². The SMILES string of the molecule is Cn1c(CNC(=O)/C=C/c2ccc(N3CCCC3=O)cc2)nc2ccccc21. The molecule has 2 amide bonds. The maximum Gasteiger partial charge on any atom is 0.244 e. The van der Waals surface area contributed by atoms with Gasteiger partial charge in [-0.2, -0.15) is 0 Å². The summed E-state index contributed by atoms with van der Waals surface area (Å²) in [6, 6.07) is 15.5. The number of nitrogens with one attached hydrogen (secondary N) is 1. The van der Waals surface area contributed by atoms with Gasteiger partial charge in [0.1, 0.15) is 5.82 Å². The normalized spacial score (nSPS) is 14.3. The van der Waals surface area contributed by atoms with Crippen molar-refractivity contribution in [1.82, 2.24) is 14.9 Å². The van der Waals surface area contributed by atoms with Gasteiger partial charge in [0.15, 0.2) is 0 Å². The average Bonchev–Trinajstić information content (AvgIpc) is 3.28. The number of fused-ring (bicyclic) bond motifs is 1. The highest BCUT2D eigenvalue weighted by Gasteiger charge is 2.21. The van der Waals surface area contributed by atoms with Crippen molar-refractivity contribution < 1.29 is 9.59 Å². The predicted octanol–water partition coefficient (Wildman–Crippen LogP) is 3.03. The molecule has 1 aliphatic heterocycles. The van der Waals surface area contributed by atoms with E-state index >= 15 is 0 Å². The van der Waals surface area contributed by atoms with E-state index in [9.17, 15) is 9.59 Å². The number of hydrogen-bond acceptors (Lipinski definition) is 3. The van der Waals surface area contributed by atoms with Crippen molar-refractivity contribution in [2.24, 2.45) is 7.05 Å². The Hall–Kier alpha value is -3.41. The third-order valence-corrected chi connectivity index (χ3v) is 5.01. The van der Waals surface area contributed by atoms with E-state index in [1.54, 1.807) is 11.0 Å². The van der Waals surface area contributed by atoms with E-state index in [4.69, 9.17) is 0 Å². The lowest BCUT2D eigenvalue weighted by Crippen LogP contribution is -2.23. The van der Waals surface area contributed by atoms with Crippen LogP contribution < -0.4 is 10.2 Å². The number of aryl methyl sites for hydroxylation is 1. The van der Waals surface area contributed by atoms with Crippen molar-refractivity contribution in [2.45, 2.75) is 19.4 Å². The van der Waals surface area contributed by atoms with Crippen LogP contribution in [0.5, 0.6) is 0 Å². The molecule has 0 aliphatic carbocycles. The van der Waals surface area contributed by atoms with Crippen LogP contribution in [0.15, 0.2) is 54.6 Å². The van der Waals surface area contributed by atoms with Crippen molar-refractivity contribution in [3.63, 3.8) is 0 Å². The van der Waals surface area contributed by atoms with E-state index in [0.29, 0.717) is 13.0 Å². The molecule has 2 aromatic carbocycles. The summed E-state index contributed by atoms with van der Waals surface area (Å²) in [6.45, 7) is 1.14. The number of imidazole rings is 1. The summed E-state index contributed by atoms with van der Waals surface area (Å²) < 4.78 is 1.98. The van der Waals surface area contributed by atoms with Gasteiger partial charge in [0.2, 0.25) is 11.8 Å². The van der Waals surface area contributed by atoms with Gasteiger partial charge >= 0.3 is 0 Å². The number of benzene rings is 2. The number of aromatic nitrogens is 2. The summed E-state index contributed by atoms with van der Waals surface area (Å²) in [5.41, 5.74) is 3.78. The molecule has 0 radical (unpaired) electrons. The molecule has 2 heterocycles. The molecule has 0 saturated carbocycles. The molecule has 1 saturated heterocycles. The highest BCUT2D eigenvalue weighted by atomic mass is 16.2. The first kappa shape index (κ1) is 18.0. The first-order valence-electron chi connectivity index (χ1n) is 9.38. The van der Waals surface area contributed by atoms with Gasteiger partial charge in [-0.05, 0) is 42.3 Å². The molecule has 1 aromatic heterocycles. The van der Waals surface area contributed by atoms with Gasteiger partial charge in [-0.15, -0.1) is 0 Å². The molecule has 1 aliphatic rings. The highest BCUT2D eigenvalue weighted by Crippen LogP contribution is 2.22. The Morgan fingerprint density at radius 2 is 1.96 bits per heavy atom. The van der Waals surface area contributed by atoms with Crippen LogP contribution in [0.25, 0.3) is 17.1 Å². The lowest BCUT2D eigenvalue weighted by molar-refractivity contribution is -0.117. The first-order valence-corrected chi connectivity index (χ1v) is 9.38. The van der Waals surface area contributed by atoms with E-state index in [1.165, 1.54) is 6.08 Å². The number of nitrogens with zero attached hydrogens (tertiary/aromatic N) is 3. The van der Waals surface area contributed by atoms with Crippen molar-refractivity contribution in [1.29, 1.82) is 0 Å². The minimum absolute atomic E-state index is 0.171. The van der Waals surface area contributed by atoms with Gasteiger partial charge in [0.05, 0.1) is 17.6 Å². The standard InChI is InChI=1S/C22H22N4O2/c1-25-19-6-3-2-5-18(19)24-20(25)15-23-21(27)13-10-16-8-11-17(12-9-16)26-14-4-7-22(26)28/h2-3,5-6,8-13H,4,7,14-15H2,1H3,(H,23,27)/b13-10+. The van der Waals surface area contributed by atoms with Crippen LogP contribution in [0.4, 0.5) is 5.69 Å². The second-order valence-electron chi connectivity index (χ2n) is 6.87. The summed E-state index contributed by atoms with van der Waals surface area (Å²) in [7, 11) is 1.94. The van der Waals surface area contributed by atoms with Gasteiger partial charge in [-0.3, -0.25) is 9.59 Å². The number of anilines is 1. The Labute approximate surface area is 163 Å². The molecule has 4 rings (SSSR count). The monoisotopic (exact) mass is 374 g/mol. The Bertz CT molecular complexity index is 1050.